The van der Waals surface area contributed by atoms with Crippen molar-refractivity contribution in [1.29, 1.82) is 0 Å². The summed E-state index contributed by atoms with van der Waals surface area (Å²) in [5.74, 6) is 0. The van der Waals surface area contributed by atoms with Gasteiger partial charge in [-0.15, -0.1) is 0 Å². The first-order valence-corrected chi connectivity index (χ1v) is 4.91. The van der Waals surface area contributed by atoms with Crippen LogP contribution in [0.15, 0.2) is 18.7 Å². The fourth-order valence-corrected chi connectivity index (χ4v) is 1.68. The summed E-state index contributed by atoms with van der Waals surface area (Å²) in [7, 11) is 0. The molecule has 1 aliphatic heterocycles. The Morgan fingerprint density at radius 1 is 1.14 bits per heavy atom. The van der Waals surface area contributed by atoms with Crippen LogP contribution in [0.4, 0.5) is 5.69 Å². The lowest BCUT2D eigenvalue weighted by molar-refractivity contribution is 0.283. The minimum absolute atomic E-state index is 0.902. The second-order valence-electron chi connectivity index (χ2n) is 3.43. The summed E-state index contributed by atoms with van der Waals surface area (Å²) >= 11 is 0. The molecule has 0 N–H and O–H groups in total. The van der Waals surface area contributed by atoms with Crippen molar-refractivity contribution in [2.24, 2.45) is 0 Å². The molecule has 1 aromatic heterocycles. The van der Waals surface area contributed by atoms with Gasteiger partial charge in [0, 0.05) is 26.2 Å². The number of hydrogen-bond donors (Lipinski definition) is 0. The first-order chi connectivity index (χ1) is 6.90. The summed E-state index contributed by atoms with van der Waals surface area (Å²) < 4.78 is 0. The smallest absolute Gasteiger partial charge is 0.115 e. The van der Waals surface area contributed by atoms with Crippen molar-refractivity contribution in [2.45, 2.75) is 0 Å². The zero-order chi connectivity index (χ0) is 9.80. The van der Waals surface area contributed by atoms with Gasteiger partial charge in [0.2, 0.25) is 0 Å². The van der Waals surface area contributed by atoms with Crippen LogP contribution >= 0.6 is 0 Å². The van der Waals surface area contributed by atoms with Crippen molar-refractivity contribution in [3.05, 3.63) is 25.6 Å². The molecule has 0 unspecified atom stereocenters. The Balaban J connectivity index is 1.96. The first-order valence-electron chi connectivity index (χ1n) is 4.91. The summed E-state index contributed by atoms with van der Waals surface area (Å²) in [5, 5.41) is 0. The number of anilines is 1. The monoisotopic (exact) mass is 191 g/mol. The predicted molar refractivity (Wildman–Crippen MR) is 56.0 cm³/mol. The fraction of sp³-hybridized carbons (Fsp3) is 0.500. The minimum atomic E-state index is 0.902. The highest BCUT2D eigenvalue weighted by atomic mass is 15.3. The van der Waals surface area contributed by atoms with Gasteiger partial charge in [-0.05, 0) is 13.5 Å². The van der Waals surface area contributed by atoms with Gasteiger partial charge in [-0.3, -0.25) is 4.90 Å². The van der Waals surface area contributed by atoms with E-state index in [1.807, 2.05) is 12.4 Å². The van der Waals surface area contributed by atoms with E-state index in [4.69, 9.17) is 0 Å². The molecule has 75 valence electrons. The third-order valence-electron chi connectivity index (χ3n) is 2.60. The molecule has 2 rings (SSSR count). The topological polar surface area (TPSA) is 32.3 Å². The second kappa shape index (κ2) is 4.37. The van der Waals surface area contributed by atoms with Crippen LogP contribution in [0.25, 0.3) is 0 Å². The van der Waals surface area contributed by atoms with Gasteiger partial charge in [-0.1, -0.05) is 0 Å². The average Bonchev–Trinajstić information content (AvgIpc) is 2.30. The van der Waals surface area contributed by atoms with E-state index in [-0.39, 0.29) is 0 Å². The van der Waals surface area contributed by atoms with Crippen LogP contribution < -0.4 is 4.90 Å². The number of aromatic nitrogens is 2. The van der Waals surface area contributed by atoms with Crippen molar-refractivity contribution in [2.75, 3.05) is 37.6 Å². The zero-order valence-corrected chi connectivity index (χ0v) is 8.26. The maximum Gasteiger partial charge on any atom is 0.115 e. The van der Waals surface area contributed by atoms with Gasteiger partial charge in [0.05, 0.1) is 18.1 Å². The largest absolute Gasteiger partial charge is 0.366 e. The highest BCUT2D eigenvalue weighted by Crippen LogP contribution is 2.12. The number of nitrogens with zero attached hydrogens (tertiary/aromatic N) is 4. The molecular formula is C10H15N4. The van der Waals surface area contributed by atoms with Crippen LogP contribution in [0.1, 0.15) is 0 Å². The summed E-state index contributed by atoms with van der Waals surface area (Å²) in [5.41, 5.74) is 1.12. The average molecular weight is 191 g/mol. The van der Waals surface area contributed by atoms with Gasteiger partial charge in [-0.25, -0.2) is 9.97 Å². The lowest BCUT2D eigenvalue weighted by atomic mass is 10.3. The molecule has 1 radical (unpaired) electrons. The summed E-state index contributed by atoms with van der Waals surface area (Å²) in [6.45, 7) is 9.04. The van der Waals surface area contributed by atoms with E-state index in [1.54, 1.807) is 6.33 Å². The number of rotatable bonds is 2. The molecule has 0 aliphatic carbocycles. The molecule has 1 saturated heterocycles. The van der Waals surface area contributed by atoms with Crippen LogP contribution in [0.2, 0.25) is 0 Å². The quantitative estimate of drug-likeness (QED) is 0.678. The maximum absolute atomic E-state index is 4.02. The Labute approximate surface area is 84.6 Å². The Morgan fingerprint density at radius 3 is 2.36 bits per heavy atom. The molecule has 0 saturated carbocycles. The molecule has 1 aromatic rings. The van der Waals surface area contributed by atoms with Crippen molar-refractivity contribution < 1.29 is 0 Å². The van der Waals surface area contributed by atoms with Gasteiger partial charge < -0.3 is 4.90 Å². The zero-order valence-electron chi connectivity index (χ0n) is 8.26. The fourth-order valence-electron chi connectivity index (χ4n) is 1.68. The molecular weight excluding hydrogens is 176 g/mol. The van der Waals surface area contributed by atoms with E-state index in [1.165, 1.54) is 0 Å². The van der Waals surface area contributed by atoms with Crippen LogP contribution in [-0.4, -0.2) is 47.6 Å². The maximum atomic E-state index is 4.02. The standard InChI is InChI=1S/C10H15N4/c1-2-13-3-5-14(6-4-13)10-7-11-9-12-8-10/h7-9H,1-6H2. The van der Waals surface area contributed by atoms with Gasteiger partial charge >= 0.3 is 0 Å². The summed E-state index contributed by atoms with van der Waals surface area (Å²) in [4.78, 5) is 12.7. The van der Waals surface area contributed by atoms with Crippen molar-refractivity contribution in [1.82, 2.24) is 14.9 Å². The van der Waals surface area contributed by atoms with Crippen LogP contribution in [0, 0.1) is 6.92 Å². The predicted octanol–water partition coefficient (Wildman–Crippen LogP) is 0.433. The molecule has 4 nitrogen and oxygen atoms in total. The van der Waals surface area contributed by atoms with Crippen molar-refractivity contribution in [3.63, 3.8) is 0 Å². The van der Waals surface area contributed by atoms with Gasteiger partial charge in [0.15, 0.2) is 0 Å². The molecule has 14 heavy (non-hydrogen) atoms. The third kappa shape index (κ3) is 2.01. The number of hydrogen-bond acceptors (Lipinski definition) is 4. The Bertz CT molecular complexity index is 267. The molecule has 1 fully saturated rings. The van der Waals surface area contributed by atoms with E-state index in [0.717, 1.165) is 38.4 Å². The Morgan fingerprint density at radius 2 is 1.79 bits per heavy atom. The molecule has 0 amide bonds. The van der Waals surface area contributed by atoms with Crippen LogP contribution in [0.3, 0.4) is 0 Å². The molecule has 2 heterocycles. The van der Waals surface area contributed by atoms with Gasteiger partial charge in [-0.2, -0.15) is 0 Å². The molecule has 0 bridgehead atoms. The second-order valence-corrected chi connectivity index (χ2v) is 3.43. The van der Waals surface area contributed by atoms with Gasteiger partial charge in [0.1, 0.15) is 6.33 Å². The highest BCUT2D eigenvalue weighted by molar-refractivity contribution is 5.41. The van der Waals surface area contributed by atoms with Crippen LogP contribution in [-0.2, 0) is 0 Å². The number of piperazine rings is 1. The van der Waals surface area contributed by atoms with E-state index < -0.39 is 0 Å². The highest BCUT2D eigenvalue weighted by Gasteiger charge is 2.15. The lowest BCUT2D eigenvalue weighted by Gasteiger charge is -2.34. The summed E-state index contributed by atoms with van der Waals surface area (Å²) in [6, 6.07) is 0. The normalized spacial score (nSPS) is 18.5. The third-order valence-corrected chi connectivity index (χ3v) is 2.60. The van der Waals surface area contributed by atoms with E-state index in [9.17, 15) is 0 Å². The Hall–Kier alpha value is -1.16. The molecule has 0 aromatic carbocycles. The Kier molecular flexibility index (Phi) is 2.93. The van der Waals surface area contributed by atoms with E-state index >= 15 is 0 Å². The molecule has 1 aliphatic rings. The van der Waals surface area contributed by atoms with Crippen molar-refractivity contribution >= 4 is 5.69 Å². The van der Waals surface area contributed by atoms with E-state index in [2.05, 4.69) is 26.7 Å². The molecule has 0 spiro atoms. The molecule has 0 atom stereocenters. The van der Waals surface area contributed by atoms with Gasteiger partial charge in [0.25, 0.3) is 0 Å². The molecule has 4 heteroatoms. The summed E-state index contributed by atoms with van der Waals surface area (Å²) in [6.07, 6.45) is 5.30. The SMILES string of the molecule is [CH2]CN1CCN(c2cncnc2)CC1. The van der Waals surface area contributed by atoms with Crippen LogP contribution in [0.5, 0.6) is 0 Å². The van der Waals surface area contributed by atoms with E-state index in [0.29, 0.717) is 0 Å². The lowest BCUT2D eigenvalue weighted by Crippen LogP contribution is -2.46. The van der Waals surface area contributed by atoms with Crippen molar-refractivity contribution in [3.8, 4) is 0 Å². The first kappa shape index (κ1) is 9.40. The minimum Gasteiger partial charge on any atom is -0.366 e.